The van der Waals surface area contributed by atoms with Gasteiger partial charge in [-0.15, -0.1) is 0 Å². The van der Waals surface area contributed by atoms with Crippen LogP contribution in [-0.2, 0) is 26.2 Å². The molecule has 0 spiro atoms. The van der Waals surface area contributed by atoms with Crippen LogP contribution in [0.3, 0.4) is 0 Å². The van der Waals surface area contributed by atoms with E-state index in [-0.39, 0.29) is 57.0 Å². The zero-order chi connectivity index (χ0) is 34.2. The number of rotatable bonds is 15. The molecule has 46 heavy (non-hydrogen) atoms. The maximum absolute atomic E-state index is 14.4. The zero-order valence-corrected chi connectivity index (χ0v) is 29.6. The number of sulfonamides is 1. The molecule has 0 aromatic heterocycles. The van der Waals surface area contributed by atoms with E-state index in [1.165, 1.54) is 68.7 Å². The fourth-order valence-corrected chi connectivity index (χ4v) is 6.74. The second-order valence-electron chi connectivity index (χ2n) is 10.3. The highest BCUT2D eigenvalue weighted by atomic mass is 35.5. The Kier molecular flexibility index (Phi) is 13.3. The van der Waals surface area contributed by atoms with Crippen molar-refractivity contribution in [2.45, 2.75) is 57.1 Å². The molecular formula is C32H38Cl3N3O7S. The smallest absolute Gasteiger partial charge is 0.265 e. The quantitative estimate of drug-likeness (QED) is 0.189. The number of hydrogen-bond acceptors (Lipinski definition) is 7. The van der Waals surface area contributed by atoms with E-state index < -0.39 is 28.5 Å². The first kappa shape index (κ1) is 37.1. The first-order valence-electron chi connectivity index (χ1n) is 14.4. The fourth-order valence-electron chi connectivity index (χ4n) is 4.67. The lowest BCUT2D eigenvalue weighted by Crippen LogP contribution is -2.53. The lowest BCUT2D eigenvalue weighted by molar-refractivity contribution is -0.140. The van der Waals surface area contributed by atoms with Crippen LogP contribution < -0.4 is 23.8 Å². The number of nitrogens with zero attached hydrogens (tertiary/aromatic N) is 2. The largest absolute Gasteiger partial charge is 0.495 e. The van der Waals surface area contributed by atoms with E-state index in [2.05, 4.69) is 5.32 Å². The van der Waals surface area contributed by atoms with Gasteiger partial charge in [-0.05, 0) is 67.8 Å². The Morgan fingerprint density at radius 1 is 0.826 bits per heavy atom. The van der Waals surface area contributed by atoms with Gasteiger partial charge in [-0.2, -0.15) is 0 Å². The van der Waals surface area contributed by atoms with Gasteiger partial charge in [-0.25, -0.2) is 8.42 Å². The Morgan fingerprint density at radius 2 is 1.43 bits per heavy atom. The first-order valence-corrected chi connectivity index (χ1v) is 17.0. The molecule has 0 aliphatic rings. The van der Waals surface area contributed by atoms with Crippen molar-refractivity contribution in [3.8, 4) is 17.2 Å². The fraction of sp³-hybridized carbons (Fsp3) is 0.375. The second kappa shape index (κ2) is 16.4. The minimum Gasteiger partial charge on any atom is -0.495 e. The molecule has 0 fully saturated rings. The maximum atomic E-state index is 14.4. The van der Waals surface area contributed by atoms with Crippen molar-refractivity contribution in [1.82, 2.24) is 10.2 Å². The third-order valence-electron chi connectivity index (χ3n) is 7.37. The molecule has 0 bridgehead atoms. The Bertz CT molecular complexity index is 1660. The molecule has 0 aliphatic heterocycles. The van der Waals surface area contributed by atoms with Crippen LogP contribution in [-0.4, -0.2) is 65.1 Å². The highest BCUT2D eigenvalue weighted by molar-refractivity contribution is 7.92. The lowest BCUT2D eigenvalue weighted by Gasteiger charge is -2.34. The lowest BCUT2D eigenvalue weighted by atomic mass is 10.1. The molecule has 3 aromatic rings. The number of amides is 2. The van der Waals surface area contributed by atoms with Gasteiger partial charge in [0.25, 0.3) is 10.0 Å². The van der Waals surface area contributed by atoms with E-state index in [9.17, 15) is 18.0 Å². The van der Waals surface area contributed by atoms with Crippen molar-refractivity contribution in [2.24, 2.45) is 0 Å². The second-order valence-corrected chi connectivity index (χ2v) is 13.5. The van der Waals surface area contributed by atoms with Crippen molar-refractivity contribution in [2.75, 3.05) is 32.2 Å². The minimum absolute atomic E-state index is 0.0136. The number of anilines is 1. The monoisotopic (exact) mass is 713 g/mol. The summed E-state index contributed by atoms with van der Waals surface area (Å²) in [6.45, 7) is 4.74. The number of carbonyl (C=O) groups excluding carboxylic acids is 2. The van der Waals surface area contributed by atoms with E-state index >= 15 is 0 Å². The molecule has 2 unspecified atom stereocenters. The summed E-state index contributed by atoms with van der Waals surface area (Å²) in [5.41, 5.74) is 0.531. The Balaban J connectivity index is 2.20. The summed E-state index contributed by atoms with van der Waals surface area (Å²) < 4.78 is 45.8. The van der Waals surface area contributed by atoms with Crippen molar-refractivity contribution in [3.05, 3.63) is 75.2 Å². The molecule has 3 aromatic carbocycles. The van der Waals surface area contributed by atoms with E-state index in [0.29, 0.717) is 22.8 Å². The standard InChI is InChI=1S/C32H38Cl3N3O7S/c1-7-20(3)36-32(40)26(8-2)37(18-21-9-10-22(33)15-25(21)35)31(39)19-38(27-16-23(34)11-13-28(27)43-4)46(41,42)24-12-14-29(44-5)30(17-24)45-6/h9-17,20,26H,7-8,18-19H2,1-6H3,(H,36,40). The molecule has 14 heteroatoms. The summed E-state index contributed by atoms with van der Waals surface area (Å²) in [7, 11) is -0.305. The summed E-state index contributed by atoms with van der Waals surface area (Å²) in [4.78, 5) is 29.1. The van der Waals surface area contributed by atoms with E-state index in [4.69, 9.17) is 49.0 Å². The van der Waals surface area contributed by atoms with E-state index in [0.717, 1.165) is 4.31 Å². The third-order valence-corrected chi connectivity index (χ3v) is 9.95. The zero-order valence-electron chi connectivity index (χ0n) is 26.5. The third kappa shape index (κ3) is 8.70. The molecule has 0 saturated heterocycles. The highest BCUT2D eigenvalue weighted by Crippen LogP contribution is 2.37. The summed E-state index contributed by atoms with van der Waals surface area (Å²) in [6, 6.07) is 12.2. The van der Waals surface area contributed by atoms with Gasteiger partial charge >= 0.3 is 0 Å². The molecule has 2 atom stereocenters. The van der Waals surface area contributed by atoms with Crippen molar-refractivity contribution in [3.63, 3.8) is 0 Å². The van der Waals surface area contributed by atoms with E-state index in [1.54, 1.807) is 19.1 Å². The Morgan fingerprint density at radius 3 is 2.02 bits per heavy atom. The molecule has 250 valence electrons. The highest BCUT2D eigenvalue weighted by Gasteiger charge is 2.35. The van der Waals surface area contributed by atoms with Crippen LogP contribution in [0.1, 0.15) is 39.2 Å². The Hall–Kier alpha value is -3.38. The SMILES string of the molecule is CCC(C)NC(=O)C(CC)N(Cc1ccc(Cl)cc1Cl)C(=O)CN(c1cc(Cl)ccc1OC)S(=O)(=O)c1ccc(OC)c(OC)c1. The van der Waals surface area contributed by atoms with Crippen molar-refractivity contribution < 1.29 is 32.2 Å². The molecule has 2 amide bonds. The van der Waals surface area contributed by atoms with Crippen LogP contribution in [0.5, 0.6) is 17.2 Å². The van der Waals surface area contributed by atoms with Gasteiger partial charge in [0.2, 0.25) is 11.8 Å². The molecule has 0 saturated carbocycles. The predicted octanol–water partition coefficient (Wildman–Crippen LogP) is 6.59. The molecule has 1 N–H and O–H groups in total. The van der Waals surface area contributed by atoms with Gasteiger partial charge in [0.15, 0.2) is 11.5 Å². The normalized spacial score (nSPS) is 12.5. The topological polar surface area (TPSA) is 114 Å². The average molecular weight is 715 g/mol. The Labute approximate surface area is 285 Å². The van der Waals surface area contributed by atoms with E-state index in [1.807, 2.05) is 13.8 Å². The molecule has 0 heterocycles. The number of nitrogens with one attached hydrogen (secondary N) is 1. The molecule has 10 nitrogen and oxygen atoms in total. The van der Waals surface area contributed by atoms with Crippen LogP contribution in [0.2, 0.25) is 15.1 Å². The van der Waals surface area contributed by atoms with Gasteiger partial charge in [-0.1, -0.05) is 54.7 Å². The number of benzene rings is 3. The van der Waals surface area contributed by atoms with Crippen LogP contribution in [0.4, 0.5) is 5.69 Å². The number of methoxy groups -OCH3 is 3. The van der Waals surface area contributed by atoms with Crippen LogP contribution in [0.25, 0.3) is 0 Å². The maximum Gasteiger partial charge on any atom is 0.265 e. The number of halogens is 3. The number of ether oxygens (including phenoxy) is 3. The molecule has 3 rings (SSSR count). The summed E-state index contributed by atoms with van der Waals surface area (Å²) in [5, 5.41) is 3.82. The van der Waals surface area contributed by atoms with Gasteiger partial charge in [0.1, 0.15) is 18.3 Å². The number of carbonyl (C=O) groups is 2. The molecule has 0 radical (unpaired) electrons. The van der Waals surface area contributed by atoms with Crippen LogP contribution in [0.15, 0.2) is 59.5 Å². The predicted molar refractivity (Wildman–Crippen MR) is 181 cm³/mol. The number of hydrogen-bond donors (Lipinski definition) is 1. The first-order chi connectivity index (χ1) is 21.8. The van der Waals surface area contributed by atoms with Gasteiger partial charge in [0.05, 0.1) is 31.9 Å². The minimum atomic E-state index is -4.48. The molecular weight excluding hydrogens is 677 g/mol. The molecule has 0 aliphatic carbocycles. The van der Waals surface area contributed by atoms with Gasteiger partial charge in [0, 0.05) is 33.7 Å². The average Bonchev–Trinajstić information content (AvgIpc) is 3.03. The van der Waals surface area contributed by atoms with Gasteiger partial charge in [-0.3, -0.25) is 13.9 Å². The summed E-state index contributed by atoms with van der Waals surface area (Å²) >= 11 is 18.9. The van der Waals surface area contributed by atoms with Crippen molar-refractivity contribution >= 4 is 62.3 Å². The summed E-state index contributed by atoms with van der Waals surface area (Å²) in [5.74, 6) is -0.434. The van der Waals surface area contributed by atoms with Crippen molar-refractivity contribution in [1.29, 1.82) is 0 Å². The van der Waals surface area contributed by atoms with Gasteiger partial charge < -0.3 is 24.4 Å². The van der Waals surface area contributed by atoms with Crippen LogP contribution in [0, 0.1) is 0 Å². The van der Waals surface area contributed by atoms with Crippen LogP contribution >= 0.6 is 34.8 Å². The summed E-state index contributed by atoms with van der Waals surface area (Å²) in [6.07, 6.45) is 0.910.